The molecule has 0 radical (unpaired) electrons. The highest BCUT2D eigenvalue weighted by Crippen LogP contribution is 2.09. The molecule has 3 heteroatoms. The maximum absolute atomic E-state index is 11.7. The minimum absolute atomic E-state index is 0.101. The van der Waals surface area contributed by atoms with E-state index in [0.717, 1.165) is 6.42 Å². The molecule has 0 fully saturated rings. The third-order valence-corrected chi connectivity index (χ3v) is 1.91. The Morgan fingerprint density at radius 1 is 1.33 bits per heavy atom. The van der Waals surface area contributed by atoms with Gasteiger partial charge in [-0.3, -0.25) is 4.79 Å². The van der Waals surface area contributed by atoms with Crippen molar-refractivity contribution in [2.24, 2.45) is 5.73 Å². The van der Waals surface area contributed by atoms with Gasteiger partial charge in [-0.2, -0.15) is 0 Å². The van der Waals surface area contributed by atoms with Crippen LogP contribution in [0.25, 0.3) is 0 Å². The number of carbonyl (C=O) groups excluding carboxylic acids is 1. The Morgan fingerprint density at radius 3 is 2.40 bits per heavy atom. The van der Waals surface area contributed by atoms with E-state index >= 15 is 0 Å². The highest BCUT2D eigenvalue weighted by atomic mass is 16.1. The number of allylic oxidation sites excluding steroid dienone is 2. The fraction of sp³-hybridized carbons (Fsp3) is 0.417. The van der Waals surface area contributed by atoms with E-state index in [1.54, 1.807) is 12.2 Å². The molecule has 0 aliphatic carbocycles. The second kappa shape index (κ2) is 7.85. The molecule has 0 aliphatic rings. The average molecular weight is 208 g/mol. The molecule has 0 spiro atoms. The van der Waals surface area contributed by atoms with Gasteiger partial charge in [-0.15, -0.1) is 13.2 Å². The Labute approximate surface area is 91.7 Å². The summed E-state index contributed by atoms with van der Waals surface area (Å²) >= 11 is 0. The van der Waals surface area contributed by atoms with Crippen molar-refractivity contribution in [3.63, 3.8) is 0 Å². The van der Waals surface area contributed by atoms with Crippen LogP contribution in [0.3, 0.4) is 0 Å². The zero-order chi connectivity index (χ0) is 11.7. The molecule has 15 heavy (non-hydrogen) atoms. The van der Waals surface area contributed by atoms with Gasteiger partial charge >= 0.3 is 0 Å². The molecule has 1 amide bonds. The van der Waals surface area contributed by atoms with Gasteiger partial charge in [0.1, 0.15) is 0 Å². The third kappa shape index (κ3) is 5.05. The number of nitrogens with two attached hydrogens (primary N) is 1. The summed E-state index contributed by atoms with van der Waals surface area (Å²) in [5.74, 6) is -0.101. The molecule has 0 unspecified atom stereocenters. The zero-order valence-corrected chi connectivity index (χ0v) is 9.38. The largest absolute Gasteiger partial charge is 0.401 e. The van der Waals surface area contributed by atoms with Gasteiger partial charge in [0, 0.05) is 24.2 Å². The molecule has 0 bridgehead atoms. The van der Waals surface area contributed by atoms with E-state index in [0.29, 0.717) is 30.7 Å². The Kier molecular flexibility index (Phi) is 7.06. The van der Waals surface area contributed by atoms with E-state index in [9.17, 15) is 4.79 Å². The summed E-state index contributed by atoms with van der Waals surface area (Å²) in [5, 5.41) is 2.80. The van der Waals surface area contributed by atoms with Crippen LogP contribution in [0.1, 0.15) is 26.2 Å². The van der Waals surface area contributed by atoms with Gasteiger partial charge in [-0.25, -0.2) is 0 Å². The lowest BCUT2D eigenvalue weighted by molar-refractivity contribution is -0.117. The number of carbonyl (C=O) groups is 1. The monoisotopic (exact) mass is 208 g/mol. The highest BCUT2D eigenvalue weighted by molar-refractivity contribution is 5.94. The van der Waals surface area contributed by atoms with Gasteiger partial charge in [0.2, 0.25) is 5.91 Å². The number of nitrogens with one attached hydrogen (secondary N) is 1. The van der Waals surface area contributed by atoms with Crippen molar-refractivity contribution in [1.82, 2.24) is 5.32 Å². The third-order valence-electron chi connectivity index (χ3n) is 1.91. The molecule has 0 aromatic carbocycles. The molecule has 0 aromatic heterocycles. The van der Waals surface area contributed by atoms with Crippen molar-refractivity contribution in [1.29, 1.82) is 0 Å². The normalized spacial score (nSPS) is 11.5. The van der Waals surface area contributed by atoms with Gasteiger partial charge in [0.25, 0.3) is 0 Å². The summed E-state index contributed by atoms with van der Waals surface area (Å²) in [6.07, 6.45) is 5.30. The van der Waals surface area contributed by atoms with Crippen LogP contribution in [0.15, 0.2) is 36.6 Å². The molecule has 0 heterocycles. The molecule has 0 atom stereocenters. The Hall–Kier alpha value is -1.51. The van der Waals surface area contributed by atoms with Crippen molar-refractivity contribution < 1.29 is 4.79 Å². The van der Waals surface area contributed by atoms with Crippen LogP contribution in [0.2, 0.25) is 0 Å². The fourth-order valence-corrected chi connectivity index (χ4v) is 1.14. The summed E-state index contributed by atoms with van der Waals surface area (Å²) in [5.41, 5.74) is 6.95. The number of rotatable bonds is 7. The van der Waals surface area contributed by atoms with Crippen molar-refractivity contribution in [3.05, 3.63) is 36.6 Å². The van der Waals surface area contributed by atoms with Crippen molar-refractivity contribution in [2.45, 2.75) is 26.2 Å². The van der Waals surface area contributed by atoms with Crippen LogP contribution in [0.4, 0.5) is 0 Å². The van der Waals surface area contributed by atoms with E-state index in [1.165, 1.54) is 0 Å². The lowest BCUT2D eigenvalue weighted by Gasteiger charge is -2.09. The van der Waals surface area contributed by atoms with Gasteiger partial charge in [0.05, 0.1) is 0 Å². The first kappa shape index (κ1) is 13.5. The maximum Gasteiger partial charge on any atom is 0.249 e. The van der Waals surface area contributed by atoms with Crippen LogP contribution in [0, 0.1) is 0 Å². The number of amides is 1. The molecule has 0 aromatic rings. The van der Waals surface area contributed by atoms with Crippen molar-refractivity contribution in [3.8, 4) is 0 Å². The molecule has 84 valence electrons. The molecule has 3 N–H and O–H groups in total. The lowest BCUT2D eigenvalue weighted by Crippen LogP contribution is -2.27. The number of hydrogen-bond donors (Lipinski definition) is 2. The van der Waals surface area contributed by atoms with Crippen LogP contribution in [0.5, 0.6) is 0 Å². The summed E-state index contributed by atoms with van der Waals surface area (Å²) in [6, 6.07) is 0. The molecule has 0 rings (SSSR count). The fourth-order valence-electron chi connectivity index (χ4n) is 1.14. The first-order valence-electron chi connectivity index (χ1n) is 5.14. The van der Waals surface area contributed by atoms with Crippen molar-refractivity contribution in [2.75, 3.05) is 6.54 Å². The summed E-state index contributed by atoms with van der Waals surface area (Å²) in [7, 11) is 0. The Bertz CT molecular complexity index is 267. The topological polar surface area (TPSA) is 55.1 Å². The minimum Gasteiger partial charge on any atom is -0.401 e. The SMILES string of the molecule is C=CC/C(N)=C(\CC=C)C(=O)NCCC. The molecular formula is C12H20N2O. The first-order chi connectivity index (χ1) is 7.17. The second-order valence-corrected chi connectivity index (χ2v) is 3.25. The summed E-state index contributed by atoms with van der Waals surface area (Å²) < 4.78 is 0. The highest BCUT2D eigenvalue weighted by Gasteiger charge is 2.10. The predicted molar refractivity (Wildman–Crippen MR) is 64.1 cm³/mol. The molecular weight excluding hydrogens is 188 g/mol. The van der Waals surface area contributed by atoms with E-state index in [2.05, 4.69) is 18.5 Å². The lowest BCUT2D eigenvalue weighted by atomic mass is 10.1. The standard InChI is InChI=1S/C12H20N2O/c1-4-7-10(11(13)8-5-2)12(15)14-9-6-3/h4-5H,1-2,6-9,13H2,3H3,(H,14,15)/b11-10-. The van der Waals surface area contributed by atoms with Gasteiger partial charge in [-0.05, 0) is 12.8 Å². The van der Waals surface area contributed by atoms with Gasteiger partial charge in [-0.1, -0.05) is 19.1 Å². The zero-order valence-electron chi connectivity index (χ0n) is 9.38. The van der Waals surface area contributed by atoms with Gasteiger partial charge < -0.3 is 11.1 Å². The van der Waals surface area contributed by atoms with Crippen LogP contribution >= 0.6 is 0 Å². The Morgan fingerprint density at radius 2 is 1.93 bits per heavy atom. The molecule has 0 saturated heterocycles. The quantitative estimate of drug-likeness (QED) is 0.496. The van der Waals surface area contributed by atoms with E-state index in [4.69, 9.17) is 5.73 Å². The van der Waals surface area contributed by atoms with E-state index in [-0.39, 0.29) is 5.91 Å². The predicted octanol–water partition coefficient (Wildman–Crippen LogP) is 1.88. The second-order valence-electron chi connectivity index (χ2n) is 3.25. The molecule has 3 nitrogen and oxygen atoms in total. The van der Waals surface area contributed by atoms with Gasteiger partial charge in [0.15, 0.2) is 0 Å². The van der Waals surface area contributed by atoms with Crippen LogP contribution in [-0.2, 0) is 4.79 Å². The average Bonchev–Trinajstić information content (AvgIpc) is 2.22. The summed E-state index contributed by atoms with van der Waals surface area (Å²) in [6.45, 7) is 9.87. The molecule has 0 aliphatic heterocycles. The summed E-state index contributed by atoms with van der Waals surface area (Å²) in [4.78, 5) is 11.7. The van der Waals surface area contributed by atoms with Crippen LogP contribution in [-0.4, -0.2) is 12.5 Å². The van der Waals surface area contributed by atoms with Crippen LogP contribution < -0.4 is 11.1 Å². The Balaban J connectivity index is 4.62. The van der Waals surface area contributed by atoms with E-state index in [1.807, 2.05) is 6.92 Å². The number of hydrogen-bond acceptors (Lipinski definition) is 2. The molecule has 0 saturated carbocycles. The van der Waals surface area contributed by atoms with E-state index < -0.39 is 0 Å². The minimum atomic E-state index is -0.101. The maximum atomic E-state index is 11.7. The first-order valence-corrected chi connectivity index (χ1v) is 5.14. The van der Waals surface area contributed by atoms with Crippen molar-refractivity contribution >= 4 is 5.91 Å². The smallest absolute Gasteiger partial charge is 0.249 e.